The molecule has 1 N–H and O–H groups in total. The third kappa shape index (κ3) is 3.41. The lowest BCUT2D eigenvalue weighted by atomic mass is 10.0. The number of nitrogens with one attached hydrogen (secondary N) is 1. The van der Waals surface area contributed by atoms with Crippen LogP contribution in [0, 0.1) is 0 Å². The largest absolute Gasteiger partial charge is 0.454 e. The average molecular weight is 329 g/mol. The minimum absolute atomic E-state index is 0.133. The van der Waals surface area contributed by atoms with E-state index in [0.29, 0.717) is 6.79 Å². The Morgan fingerprint density at radius 3 is 2.74 bits per heavy atom. The van der Waals surface area contributed by atoms with Crippen LogP contribution in [0.4, 0.5) is 0 Å². The Morgan fingerprint density at radius 1 is 1.32 bits per heavy atom. The van der Waals surface area contributed by atoms with Gasteiger partial charge in [-0.15, -0.1) is 0 Å². The number of benzene rings is 1. The molecule has 106 valence electrons. The van der Waals surface area contributed by atoms with Gasteiger partial charge >= 0.3 is 0 Å². The van der Waals surface area contributed by atoms with Gasteiger partial charge in [0, 0.05) is 18.6 Å². The van der Waals surface area contributed by atoms with E-state index < -0.39 is 0 Å². The maximum Gasteiger partial charge on any atom is 0.231 e. The Kier molecular flexibility index (Phi) is 4.38. The number of halogens is 1. The van der Waals surface area contributed by atoms with Crippen LogP contribution in [0.5, 0.6) is 11.5 Å². The summed E-state index contributed by atoms with van der Waals surface area (Å²) < 4.78 is 11.7. The molecule has 0 fully saturated rings. The Bertz CT molecular complexity index is 461. The van der Waals surface area contributed by atoms with Crippen molar-refractivity contribution in [3.8, 4) is 11.5 Å². The third-order valence-electron chi connectivity index (χ3n) is 3.58. The van der Waals surface area contributed by atoms with Gasteiger partial charge in [-0.1, -0.05) is 0 Å². The first-order chi connectivity index (χ1) is 8.90. The van der Waals surface area contributed by atoms with E-state index in [2.05, 4.69) is 60.2 Å². The summed E-state index contributed by atoms with van der Waals surface area (Å²) in [5.41, 5.74) is 1.32. The predicted octanol–water partition coefficient (Wildman–Crippen LogP) is 2.61. The molecule has 19 heavy (non-hydrogen) atoms. The van der Waals surface area contributed by atoms with E-state index in [-0.39, 0.29) is 5.54 Å². The monoisotopic (exact) mass is 328 g/mol. The minimum Gasteiger partial charge on any atom is -0.454 e. The van der Waals surface area contributed by atoms with E-state index in [1.165, 1.54) is 5.56 Å². The standard InChI is InChI=1S/C14H21BrN2O2/c1-14(2,17(3)4)8-16-7-10-5-11(15)13-12(6-10)18-9-19-13/h5-6,16H,7-9H2,1-4H3. The molecule has 0 radical (unpaired) electrons. The number of fused-ring (bicyclic) bond motifs is 1. The van der Waals surface area contributed by atoms with Crippen LogP contribution in [0.3, 0.4) is 0 Å². The number of hydrogen-bond acceptors (Lipinski definition) is 4. The SMILES string of the molecule is CN(C)C(C)(C)CNCc1cc(Br)c2c(c1)OCO2. The van der Waals surface area contributed by atoms with Gasteiger partial charge in [-0.2, -0.15) is 0 Å². The zero-order valence-corrected chi connectivity index (χ0v) is 13.5. The highest BCUT2D eigenvalue weighted by Crippen LogP contribution is 2.39. The topological polar surface area (TPSA) is 33.7 Å². The zero-order chi connectivity index (χ0) is 14.0. The summed E-state index contributed by atoms with van der Waals surface area (Å²) in [5, 5.41) is 3.48. The summed E-state index contributed by atoms with van der Waals surface area (Å²) in [6.45, 7) is 6.47. The van der Waals surface area contributed by atoms with Crippen molar-refractivity contribution in [2.45, 2.75) is 25.9 Å². The molecule has 0 amide bonds. The van der Waals surface area contributed by atoms with Crippen LogP contribution in [-0.2, 0) is 6.54 Å². The number of rotatable bonds is 5. The van der Waals surface area contributed by atoms with E-state index in [9.17, 15) is 0 Å². The maximum atomic E-state index is 5.42. The number of hydrogen-bond donors (Lipinski definition) is 1. The summed E-state index contributed by atoms with van der Waals surface area (Å²) in [5.74, 6) is 1.62. The lowest BCUT2D eigenvalue weighted by molar-refractivity contribution is 0.173. The predicted molar refractivity (Wildman–Crippen MR) is 79.7 cm³/mol. The van der Waals surface area contributed by atoms with Gasteiger partial charge < -0.3 is 19.7 Å². The fourth-order valence-electron chi connectivity index (χ4n) is 1.79. The second-order valence-electron chi connectivity index (χ2n) is 5.62. The number of nitrogens with zero attached hydrogens (tertiary/aromatic N) is 1. The molecule has 1 aromatic rings. The van der Waals surface area contributed by atoms with E-state index >= 15 is 0 Å². The van der Waals surface area contributed by atoms with Gasteiger partial charge in [-0.05, 0) is 61.6 Å². The highest BCUT2D eigenvalue weighted by Gasteiger charge is 2.20. The normalized spacial score (nSPS) is 14.2. The first kappa shape index (κ1) is 14.6. The van der Waals surface area contributed by atoms with Crippen LogP contribution in [0.15, 0.2) is 16.6 Å². The van der Waals surface area contributed by atoms with Crippen molar-refractivity contribution in [2.24, 2.45) is 0 Å². The molecule has 0 spiro atoms. The van der Waals surface area contributed by atoms with E-state index in [1.54, 1.807) is 0 Å². The van der Waals surface area contributed by atoms with Crippen molar-refractivity contribution in [1.29, 1.82) is 0 Å². The third-order valence-corrected chi connectivity index (χ3v) is 4.17. The molecular weight excluding hydrogens is 308 g/mol. The molecule has 0 bridgehead atoms. The van der Waals surface area contributed by atoms with Gasteiger partial charge in [0.15, 0.2) is 11.5 Å². The average Bonchev–Trinajstić information content (AvgIpc) is 2.77. The lowest BCUT2D eigenvalue weighted by Crippen LogP contribution is -2.46. The molecule has 0 aromatic heterocycles. The lowest BCUT2D eigenvalue weighted by Gasteiger charge is -2.32. The number of likely N-dealkylation sites (N-methyl/N-ethyl adjacent to an activating group) is 1. The highest BCUT2D eigenvalue weighted by atomic mass is 79.9. The Labute approximate surface area is 123 Å². The molecule has 1 aliphatic rings. The molecule has 5 heteroatoms. The summed E-state index contributed by atoms with van der Waals surface area (Å²) in [6.07, 6.45) is 0. The molecule has 1 aromatic carbocycles. The van der Waals surface area contributed by atoms with Gasteiger partial charge in [0.05, 0.1) is 4.47 Å². The molecular formula is C14H21BrN2O2. The van der Waals surface area contributed by atoms with E-state index in [4.69, 9.17) is 9.47 Å². The minimum atomic E-state index is 0.133. The van der Waals surface area contributed by atoms with Crippen LogP contribution in [0.25, 0.3) is 0 Å². The van der Waals surface area contributed by atoms with Crippen molar-refractivity contribution < 1.29 is 9.47 Å². The Hall–Kier alpha value is -0.780. The van der Waals surface area contributed by atoms with Crippen molar-refractivity contribution >= 4 is 15.9 Å². The zero-order valence-electron chi connectivity index (χ0n) is 11.9. The fourth-order valence-corrected chi connectivity index (χ4v) is 2.40. The van der Waals surface area contributed by atoms with Gasteiger partial charge in [0.1, 0.15) is 0 Å². The van der Waals surface area contributed by atoms with Crippen molar-refractivity contribution in [3.05, 3.63) is 22.2 Å². The van der Waals surface area contributed by atoms with Crippen LogP contribution in [-0.4, -0.2) is 37.9 Å². The highest BCUT2D eigenvalue weighted by molar-refractivity contribution is 9.10. The summed E-state index contributed by atoms with van der Waals surface area (Å²) in [6, 6.07) is 4.10. The molecule has 1 heterocycles. The Morgan fingerprint density at radius 2 is 2.05 bits per heavy atom. The fraction of sp³-hybridized carbons (Fsp3) is 0.571. The Balaban J connectivity index is 1.96. The molecule has 1 aliphatic heterocycles. The number of ether oxygens (including phenoxy) is 2. The maximum absolute atomic E-state index is 5.42. The molecule has 0 unspecified atom stereocenters. The van der Waals surface area contributed by atoms with Crippen LogP contribution in [0.1, 0.15) is 19.4 Å². The molecule has 0 saturated carbocycles. The second kappa shape index (κ2) is 5.69. The van der Waals surface area contributed by atoms with Gasteiger partial charge in [0.2, 0.25) is 6.79 Å². The molecule has 2 rings (SSSR count). The summed E-state index contributed by atoms with van der Waals surface area (Å²) >= 11 is 3.51. The molecule has 0 aliphatic carbocycles. The molecule has 4 nitrogen and oxygen atoms in total. The molecule has 0 saturated heterocycles. The van der Waals surface area contributed by atoms with Crippen molar-refractivity contribution in [2.75, 3.05) is 27.4 Å². The van der Waals surface area contributed by atoms with E-state index in [1.807, 2.05) is 6.07 Å². The van der Waals surface area contributed by atoms with Crippen LogP contribution in [0.2, 0.25) is 0 Å². The smallest absolute Gasteiger partial charge is 0.231 e. The van der Waals surface area contributed by atoms with Crippen molar-refractivity contribution in [3.63, 3.8) is 0 Å². The quantitative estimate of drug-likeness (QED) is 0.900. The summed E-state index contributed by atoms with van der Waals surface area (Å²) in [7, 11) is 4.19. The van der Waals surface area contributed by atoms with Gasteiger partial charge in [-0.25, -0.2) is 0 Å². The van der Waals surface area contributed by atoms with Crippen LogP contribution < -0.4 is 14.8 Å². The van der Waals surface area contributed by atoms with Crippen LogP contribution >= 0.6 is 15.9 Å². The first-order valence-corrected chi connectivity index (χ1v) is 7.15. The van der Waals surface area contributed by atoms with Crippen molar-refractivity contribution in [1.82, 2.24) is 10.2 Å². The second-order valence-corrected chi connectivity index (χ2v) is 6.48. The first-order valence-electron chi connectivity index (χ1n) is 6.36. The van der Waals surface area contributed by atoms with Gasteiger partial charge in [0.25, 0.3) is 0 Å². The van der Waals surface area contributed by atoms with Gasteiger partial charge in [-0.3, -0.25) is 0 Å². The summed E-state index contributed by atoms with van der Waals surface area (Å²) in [4.78, 5) is 2.22. The van der Waals surface area contributed by atoms with E-state index in [0.717, 1.165) is 29.1 Å². The molecule has 0 atom stereocenters.